The van der Waals surface area contributed by atoms with Gasteiger partial charge in [-0.15, -0.1) is 0 Å². The Hall–Kier alpha value is -3.37. The smallest absolute Gasteiger partial charge is 0.254 e. The van der Waals surface area contributed by atoms with Gasteiger partial charge in [0, 0.05) is 62.0 Å². The molecule has 4 heterocycles. The molecule has 6 rings (SSSR count). The van der Waals surface area contributed by atoms with Gasteiger partial charge >= 0.3 is 0 Å². The second kappa shape index (κ2) is 10.4. The Morgan fingerprint density at radius 2 is 1.97 bits per heavy atom. The van der Waals surface area contributed by atoms with E-state index in [2.05, 4.69) is 25.6 Å². The Kier molecular flexibility index (Phi) is 6.84. The number of hydrogen-bond donors (Lipinski definition) is 2. The number of piperidine rings is 1. The van der Waals surface area contributed by atoms with E-state index in [0.717, 1.165) is 55.8 Å². The first-order valence-corrected chi connectivity index (χ1v) is 13.3. The van der Waals surface area contributed by atoms with E-state index in [1.165, 1.54) is 6.07 Å². The van der Waals surface area contributed by atoms with Gasteiger partial charge in [-0.25, -0.2) is 13.5 Å². The van der Waals surface area contributed by atoms with Crippen molar-refractivity contribution in [3.8, 4) is 16.8 Å². The lowest BCUT2D eigenvalue weighted by Gasteiger charge is -2.39. The first-order valence-electron chi connectivity index (χ1n) is 13.3. The molecule has 2 saturated heterocycles. The minimum Gasteiger partial charge on any atom is -0.378 e. The van der Waals surface area contributed by atoms with E-state index in [4.69, 9.17) is 4.74 Å². The predicted molar refractivity (Wildman–Crippen MR) is 140 cm³/mol. The van der Waals surface area contributed by atoms with Gasteiger partial charge in [0.05, 0.1) is 35.3 Å². The van der Waals surface area contributed by atoms with Crippen molar-refractivity contribution in [1.29, 1.82) is 0 Å². The van der Waals surface area contributed by atoms with Crippen molar-refractivity contribution in [2.75, 3.05) is 31.6 Å². The molecule has 1 aliphatic carbocycles. The summed E-state index contributed by atoms with van der Waals surface area (Å²) in [5, 5.41) is 10.6. The zero-order valence-electron chi connectivity index (χ0n) is 21.4. The summed E-state index contributed by atoms with van der Waals surface area (Å²) < 4.78 is 36.7. The quantitative estimate of drug-likeness (QED) is 0.467. The minimum absolute atomic E-state index is 0.00875. The molecule has 10 heteroatoms. The number of anilines is 1. The van der Waals surface area contributed by atoms with E-state index in [1.807, 2.05) is 12.3 Å². The molecular formula is C28H32F2N6O2. The average Bonchev–Trinajstić information content (AvgIpc) is 3.55. The molecule has 2 N–H and O–H groups in total. The van der Waals surface area contributed by atoms with Crippen molar-refractivity contribution < 1.29 is 18.3 Å². The summed E-state index contributed by atoms with van der Waals surface area (Å²) in [6, 6.07) is 4.69. The molecule has 8 nitrogen and oxygen atoms in total. The molecule has 0 unspecified atom stereocenters. The first kappa shape index (κ1) is 24.9. The van der Waals surface area contributed by atoms with Gasteiger partial charge in [0.25, 0.3) is 5.91 Å². The molecule has 1 saturated carbocycles. The third kappa shape index (κ3) is 5.42. The van der Waals surface area contributed by atoms with Gasteiger partial charge in [-0.1, -0.05) is 0 Å². The maximum Gasteiger partial charge on any atom is 0.254 e. The van der Waals surface area contributed by atoms with Crippen LogP contribution in [0.2, 0.25) is 0 Å². The summed E-state index contributed by atoms with van der Waals surface area (Å²) >= 11 is 0. The lowest BCUT2D eigenvalue weighted by molar-refractivity contribution is -0.0722. The Morgan fingerprint density at radius 1 is 1.13 bits per heavy atom. The first-order chi connectivity index (χ1) is 18.4. The SMILES string of the molecule is Cc1cc(F)c(C(=O)NC2CC2)cc1-n1cc(-c2cncc(N[C@H]3CCN(C[C@@H]4CCO4)C[C@H]3F)c2)cn1. The van der Waals surface area contributed by atoms with E-state index < -0.39 is 17.9 Å². The average molecular weight is 523 g/mol. The number of halogens is 2. The number of aryl methyl sites for hydroxylation is 1. The third-order valence-electron chi connectivity index (χ3n) is 7.58. The molecule has 1 aromatic carbocycles. The Labute approximate surface area is 220 Å². The molecule has 0 radical (unpaired) electrons. The highest BCUT2D eigenvalue weighted by Gasteiger charge is 2.32. The van der Waals surface area contributed by atoms with Crippen LogP contribution in [0.1, 0.15) is 41.6 Å². The number of alkyl halides is 1. The number of pyridine rings is 1. The van der Waals surface area contributed by atoms with Gasteiger partial charge in [-0.3, -0.25) is 14.7 Å². The summed E-state index contributed by atoms with van der Waals surface area (Å²) in [4.78, 5) is 19.0. The largest absolute Gasteiger partial charge is 0.378 e. The van der Waals surface area contributed by atoms with E-state index in [9.17, 15) is 13.6 Å². The van der Waals surface area contributed by atoms with Gasteiger partial charge in [0.15, 0.2) is 0 Å². The van der Waals surface area contributed by atoms with E-state index in [-0.39, 0.29) is 23.8 Å². The van der Waals surface area contributed by atoms with Crippen LogP contribution in [0.4, 0.5) is 14.5 Å². The maximum atomic E-state index is 15.0. The van der Waals surface area contributed by atoms with Crippen LogP contribution in [0.25, 0.3) is 16.8 Å². The number of nitrogens with one attached hydrogen (secondary N) is 2. The molecular weight excluding hydrogens is 490 g/mol. The third-order valence-corrected chi connectivity index (χ3v) is 7.58. The van der Waals surface area contributed by atoms with E-state index in [1.54, 1.807) is 36.3 Å². The van der Waals surface area contributed by atoms with Crippen LogP contribution in [0.3, 0.4) is 0 Å². The van der Waals surface area contributed by atoms with Crippen LogP contribution in [0.5, 0.6) is 0 Å². The van der Waals surface area contributed by atoms with E-state index in [0.29, 0.717) is 24.2 Å². The molecule has 3 atom stereocenters. The lowest BCUT2D eigenvalue weighted by atomic mass is 10.0. The molecule has 0 bridgehead atoms. The van der Waals surface area contributed by atoms with Crippen molar-refractivity contribution in [2.45, 2.75) is 57.0 Å². The molecule has 38 heavy (non-hydrogen) atoms. The van der Waals surface area contributed by atoms with Crippen molar-refractivity contribution in [1.82, 2.24) is 25.0 Å². The van der Waals surface area contributed by atoms with Crippen molar-refractivity contribution in [3.05, 3.63) is 59.9 Å². The van der Waals surface area contributed by atoms with Gasteiger partial charge in [-0.2, -0.15) is 5.10 Å². The predicted octanol–water partition coefficient (Wildman–Crippen LogP) is 3.89. The van der Waals surface area contributed by atoms with Crippen LogP contribution in [-0.2, 0) is 4.74 Å². The van der Waals surface area contributed by atoms with Crippen LogP contribution in [-0.4, -0.2) is 76.2 Å². The van der Waals surface area contributed by atoms with Crippen LogP contribution in [0, 0.1) is 12.7 Å². The van der Waals surface area contributed by atoms with Crippen LogP contribution in [0.15, 0.2) is 43.0 Å². The number of nitrogens with zero attached hydrogens (tertiary/aromatic N) is 4. The fraction of sp³-hybridized carbons (Fsp3) is 0.464. The van der Waals surface area contributed by atoms with Gasteiger partial charge in [-0.05, 0) is 56.4 Å². The van der Waals surface area contributed by atoms with Crippen molar-refractivity contribution in [2.24, 2.45) is 0 Å². The Balaban J connectivity index is 1.15. The number of carbonyl (C=O) groups is 1. The number of benzene rings is 1. The summed E-state index contributed by atoms with van der Waals surface area (Å²) in [7, 11) is 0. The molecule has 2 aromatic heterocycles. The van der Waals surface area contributed by atoms with Crippen LogP contribution >= 0.6 is 0 Å². The highest BCUT2D eigenvalue weighted by atomic mass is 19.1. The molecule has 3 fully saturated rings. The summed E-state index contributed by atoms with van der Waals surface area (Å²) in [5.41, 5.74) is 3.67. The Morgan fingerprint density at radius 3 is 2.71 bits per heavy atom. The molecule has 3 aromatic rings. The molecule has 200 valence electrons. The molecule has 1 amide bonds. The summed E-state index contributed by atoms with van der Waals surface area (Å²) in [6.07, 6.45) is 9.83. The summed E-state index contributed by atoms with van der Waals surface area (Å²) in [5.74, 6) is -0.955. The fourth-order valence-electron chi connectivity index (χ4n) is 5.08. The van der Waals surface area contributed by atoms with Gasteiger partial charge in [0.2, 0.25) is 0 Å². The summed E-state index contributed by atoms with van der Waals surface area (Å²) in [6.45, 7) is 4.62. The number of hydrogen-bond acceptors (Lipinski definition) is 6. The molecule has 3 aliphatic rings. The number of ether oxygens (including phenoxy) is 1. The van der Waals surface area contributed by atoms with Crippen LogP contribution < -0.4 is 10.6 Å². The molecule has 0 spiro atoms. The monoisotopic (exact) mass is 522 g/mol. The minimum atomic E-state index is -0.983. The zero-order valence-corrected chi connectivity index (χ0v) is 21.4. The zero-order chi connectivity index (χ0) is 26.2. The molecule has 2 aliphatic heterocycles. The number of aromatic nitrogens is 3. The van der Waals surface area contributed by atoms with Crippen molar-refractivity contribution in [3.63, 3.8) is 0 Å². The van der Waals surface area contributed by atoms with Gasteiger partial charge < -0.3 is 15.4 Å². The lowest BCUT2D eigenvalue weighted by Crippen LogP contribution is -2.51. The van der Waals surface area contributed by atoms with Crippen molar-refractivity contribution >= 4 is 11.6 Å². The number of carbonyl (C=O) groups excluding carboxylic acids is 1. The number of rotatable bonds is 8. The number of amides is 1. The maximum absolute atomic E-state index is 15.0. The fourth-order valence-corrected chi connectivity index (χ4v) is 5.08. The highest BCUT2D eigenvalue weighted by Crippen LogP contribution is 2.27. The highest BCUT2D eigenvalue weighted by molar-refractivity contribution is 5.95. The normalized spacial score (nSPS) is 23.6. The second-order valence-electron chi connectivity index (χ2n) is 10.6. The number of likely N-dealkylation sites (tertiary alicyclic amines) is 1. The van der Waals surface area contributed by atoms with Gasteiger partial charge in [0.1, 0.15) is 12.0 Å². The van der Waals surface area contributed by atoms with E-state index >= 15 is 0 Å². The topological polar surface area (TPSA) is 84.3 Å². The Bertz CT molecular complexity index is 1320. The second-order valence-corrected chi connectivity index (χ2v) is 10.6. The standard InChI is InChI=1S/C28H32F2N6O2/c1-17-8-24(29)23(28(37)34-20-2-3-20)10-27(17)36-14-19(12-32-36)18-9-21(13-31-11-18)33-26-4-6-35(16-25(26)30)15-22-5-7-38-22/h8-14,20,22,25-26,33H,2-7,15-16H2,1H3,(H,34,37)/t22-,25+,26-/m0/s1.